The molecule has 2 unspecified atom stereocenters. The Morgan fingerprint density at radius 1 is 1.33 bits per heavy atom. The summed E-state index contributed by atoms with van der Waals surface area (Å²) in [5, 5.41) is 16.9. The molecule has 1 aromatic carbocycles. The zero-order chi connectivity index (χ0) is 15.0. The van der Waals surface area contributed by atoms with Gasteiger partial charge in [-0.1, -0.05) is 6.07 Å². The first-order valence-electron chi connectivity index (χ1n) is 7.20. The Hall–Kier alpha value is -1.53. The van der Waals surface area contributed by atoms with E-state index in [9.17, 15) is 18.7 Å². The van der Waals surface area contributed by atoms with Gasteiger partial charge in [-0.2, -0.15) is 0 Å². The smallest absolute Gasteiger partial charge is 0.227 e. The minimum Gasteiger partial charge on any atom is -0.384 e. The van der Waals surface area contributed by atoms with Gasteiger partial charge in [-0.05, 0) is 43.5 Å². The maximum absolute atomic E-state index is 13.5. The second kappa shape index (κ2) is 5.35. The minimum atomic E-state index is -1.47. The molecule has 2 atom stereocenters. The quantitative estimate of drug-likeness (QED) is 0.781. The van der Waals surface area contributed by atoms with Gasteiger partial charge < -0.3 is 15.7 Å². The number of amides is 1. The topological polar surface area (TPSA) is 61.4 Å². The van der Waals surface area contributed by atoms with Crippen LogP contribution in [-0.2, 0) is 10.4 Å². The number of carbonyl (C=O) groups is 1. The van der Waals surface area contributed by atoms with Crippen LogP contribution in [0, 0.1) is 17.6 Å². The average molecular weight is 296 g/mol. The van der Waals surface area contributed by atoms with E-state index in [-0.39, 0.29) is 23.9 Å². The molecule has 2 fully saturated rings. The summed E-state index contributed by atoms with van der Waals surface area (Å²) in [4.78, 5) is 12.3. The summed E-state index contributed by atoms with van der Waals surface area (Å²) in [7, 11) is 0. The molecule has 114 valence electrons. The van der Waals surface area contributed by atoms with Gasteiger partial charge >= 0.3 is 0 Å². The summed E-state index contributed by atoms with van der Waals surface area (Å²) in [6.07, 6.45) is 2.19. The number of rotatable bonds is 3. The SMILES string of the molecule is O=C(NC1CC1)C1CNCCC1(O)c1ccc(F)c(F)c1. The highest BCUT2D eigenvalue weighted by Crippen LogP contribution is 2.36. The van der Waals surface area contributed by atoms with Gasteiger partial charge in [-0.3, -0.25) is 4.79 Å². The lowest BCUT2D eigenvalue weighted by molar-refractivity contribution is -0.138. The normalized spacial score (nSPS) is 29.2. The lowest BCUT2D eigenvalue weighted by Crippen LogP contribution is -2.54. The standard InChI is InChI=1S/C15H18F2N2O2/c16-12-4-1-9(7-13(12)17)15(21)5-6-18-8-11(15)14(20)19-10-2-3-10/h1,4,7,10-11,18,21H,2-3,5-6,8H2,(H,19,20). The van der Waals surface area contributed by atoms with Crippen molar-refractivity contribution in [3.8, 4) is 0 Å². The largest absolute Gasteiger partial charge is 0.384 e. The summed E-state index contributed by atoms with van der Waals surface area (Å²) in [6.45, 7) is 0.830. The van der Waals surface area contributed by atoms with Crippen LogP contribution < -0.4 is 10.6 Å². The van der Waals surface area contributed by atoms with Crippen LogP contribution in [0.15, 0.2) is 18.2 Å². The van der Waals surface area contributed by atoms with Gasteiger partial charge in [-0.15, -0.1) is 0 Å². The highest BCUT2D eigenvalue weighted by atomic mass is 19.2. The molecular weight excluding hydrogens is 278 g/mol. The van der Waals surface area contributed by atoms with Gasteiger partial charge in [0, 0.05) is 12.6 Å². The van der Waals surface area contributed by atoms with Crippen LogP contribution >= 0.6 is 0 Å². The highest BCUT2D eigenvalue weighted by Gasteiger charge is 2.45. The predicted octanol–water partition coefficient (Wildman–Crippen LogP) is 1.04. The van der Waals surface area contributed by atoms with Gasteiger partial charge in [0.15, 0.2) is 11.6 Å². The second-order valence-electron chi connectivity index (χ2n) is 5.84. The van der Waals surface area contributed by atoms with Gasteiger partial charge in [0.25, 0.3) is 0 Å². The van der Waals surface area contributed by atoms with Crippen molar-refractivity contribution in [3.63, 3.8) is 0 Å². The van der Waals surface area contributed by atoms with Crippen LogP contribution in [0.2, 0.25) is 0 Å². The van der Waals surface area contributed by atoms with Crippen LogP contribution in [0.3, 0.4) is 0 Å². The Balaban J connectivity index is 1.89. The fourth-order valence-corrected chi connectivity index (χ4v) is 2.82. The van der Waals surface area contributed by atoms with E-state index in [1.165, 1.54) is 6.07 Å². The number of benzene rings is 1. The molecule has 0 aromatic heterocycles. The molecule has 1 aromatic rings. The monoisotopic (exact) mass is 296 g/mol. The number of halogens is 2. The molecule has 4 nitrogen and oxygen atoms in total. The summed E-state index contributed by atoms with van der Waals surface area (Å²) in [5.74, 6) is -2.93. The van der Waals surface area contributed by atoms with E-state index in [0.717, 1.165) is 25.0 Å². The average Bonchev–Trinajstić information content (AvgIpc) is 3.26. The first-order chi connectivity index (χ1) is 10.0. The van der Waals surface area contributed by atoms with Crippen LogP contribution in [0.25, 0.3) is 0 Å². The van der Waals surface area contributed by atoms with Gasteiger partial charge in [0.05, 0.1) is 5.92 Å². The molecule has 2 aliphatic rings. The summed E-state index contributed by atoms with van der Waals surface area (Å²) in [6, 6.07) is 3.51. The number of aliphatic hydroxyl groups is 1. The van der Waals surface area contributed by atoms with Crippen molar-refractivity contribution in [3.05, 3.63) is 35.4 Å². The van der Waals surface area contributed by atoms with Crippen molar-refractivity contribution in [2.24, 2.45) is 5.92 Å². The Kier molecular flexibility index (Phi) is 3.67. The molecule has 1 saturated heterocycles. The van der Waals surface area contributed by atoms with Crippen LogP contribution in [0.5, 0.6) is 0 Å². The zero-order valence-electron chi connectivity index (χ0n) is 11.5. The van der Waals surface area contributed by atoms with Crippen molar-refractivity contribution < 1.29 is 18.7 Å². The number of hydrogen-bond donors (Lipinski definition) is 3. The third-order valence-corrected chi connectivity index (χ3v) is 4.27. The Morgan fingerprint density at radius 2 is 2.10 bits per heavy atom. The molecule has 6 heteroatoms. The third kappa shape index (κ3) is 2.78. The summed E-state index contributed by atoms with van der Waals surface area (Å²) in [5.41, 5.74) is -1.22. The van der Waals surface area contributed by atoms with Crippen molar-refractivity contribution in [2.75, 3.05) is 13.1 Å². The van der Waals surface area contributed by atoms with Crippen LogP contribution in [0.1, 0.15) is 24.8 Å². The maximum Gasteiger partial charge on any atom is 0.227 e. The first-order valence-corrected chi connectivity index (χ1v) is 7.20. The molecule has 1 aliphatic heterocycles. The zero-order valence-corrected chi connectivity index (χ0v) is 11.5. The Labute approximate surface area is 121 Å². The molecule has 3 N–H and O–H groups in total. The third-order valence-electron chi connectivity index (χ3n) is 4.27. The highest BCUT2D eigenvalue weighted by molar-refractivity contribution is 5.81. The van der Waals surface area contributed by atoms with E-state index in [4.69, 9.17) is 0 Å². The van der Waals surface area contributed by atoms with E-state index in [1.807, 2.05) is 0 Å². The van der Waals surface area contributed by atoms with Crippen LogP contribution in [0.4, 0.5) is 8.78 Å². The molecule has 0 bridgehead atoms. The lowest BCUT2D eigenvalue weighted by Gasteiger charge is -2.39. The van der Waals surface area contributed by atoms with Gasteiger partial charge in [0.2, 0.25) is 5.91 Å². The van der Waals surface area contributed by atoms with Gasteiger partial charge in [0.1, 0.15) is 5.60 Å². The Bertz CT molecular complexity index is 563. The molecule has 0 radical (unpaired) electrons. The lowest BCUT2D eigenvalue weighted by atomic mass is 9.76. The molecule has 1 amide bonds. The number of hydrogen-bond acceptors (Lipinski definition) is 3. The summed E-state index contributed by atoms with van der Waals surface area (Å²) >= 11 is 0. The predicted molar refractivity (Wildman–Crippen MR) is 72.4 cm³/mol. The molecule has 3 rings (SSSR count). The molecule has 0 spiro atoms. The van der Waals surface area contributed by atoms with E-state index in [1.54, 1.807) is 0 Å². The van der Waals surface area contributed by atoms with Crippen molar-refractivity contribution in [1.82, 2.24) is 10.6 Å². The molecule has 1 heterocycles. The first kappa shape index (κ1) is 14.4. The Morgan fingerprint density at radius 3 is 2.76 bits per heavy atom. The van der Waals surface area contributed by atoms with Crippen molar-refractivity contribution in [1.29, 1.82) is 0 Å². The number of nitrogens with one attached hydrogen (secondary N) is 2. The van der Waals surface area contributed by atoms with E-state index in [2.05, 4.69) is 10.6 Å². The fourth-order valence-electron chi connectivity index (χ4n) is 2.82. The number of piperidine rings is 1. The van der Waals surface area contributed by atoms with E-state index < -0.39 is 23.2 Å². The number of carbonyl (C=O) groups excluding carboxylic acids is 1. The van der Waals surface area contributed by atoms with Gasteiger partial charge in [-0.25, -0.2) is 8.78 Å². The maximum atomic E-state index is 13.5. The van der Waals surface area contributed by atoms with E-state index >= 15 is 0 Å². The molecule has 1 aliphatic carbocycles. The minimum absolute atomic E-state index is 0.189. The van der Waals surface area contributed by atoms with E-state index in [0.29, 0.717) is 13.1 Å². The summed E-state index contributed by atoms with van der Waals surface area (Å²) < 4.78 is 26.5. The fraction of sp³-hybridized carbons (Fsp3) is 0.533. The van der Waals surface area contributed by atoms with Crippen molar-refractivity contribution >= 4 is 5.91 Å². The molecule has 1 saturated carbocycles. The second-order valence-corrected chi connectivity index (χ2v) is 5.84. The molecular formula is C15H18F2N2O2. The van der Waals surface area contributed by atoms with Crippen molar-refractivity contribution in [2.45, 2.75) is 30.9 Å². The van der Waals surface area contributed by atoms with Crippen LogP contribution in [-0.4, -0.2) is 30.1 Å². The molecule has 21 heavy (non-hydrogen) atoms.